The Bertz CT molecular complexity index is 201. The molecule has 0 heterocycles. The monoisotopic (exact) mass is 181 g/mol. The summed E-state index contributed by atoms with van der Waals surface area (Å²) in [5.41, 5.74) is 2.68. The number of rotatable bonds is 4. The normalized spacial score (nSPS) is 18.6. The zero-order valence-corrected chi connectivity index (χ0v) is 9.89. The predicted molar refractivity (Wildman–Crippen MR) is 61.5 cm³/mol. The lowest BCUT2D eigenvalue weighted by atomic mass is 9.95. The van der Waals surface area contributed by atoms with Gasteiger partial charge in [-0.3, -0.25) is 4.99 Å². The number of aliphatic imine (C=N–C) groups is 1. The van der Waals surface area contributed by atoms with Crippen molar-refractivity contribution in [3.63, 3.8) is 0 Å². The SMILES string of the molecule is C/C=C(\C)C(C)C(C)/N=C(\C)CC. The van der Waals surface area contributed by atoms with Crippen molar-refractivity contribution >= 4 is 5.71 Å². The maximum Gasteiger partial charge on any atom is 0.0533 e. The number of nitrogens with zero attached hydrogens (tertiary/aromatic N) is 1. The molecule has 0 fully saturated rings. The van der Waals surface area contributed by atoms with E-state index in [4.69, 9.17) is 0 Å². The van der Waals surface area contributed by atoms with Crippen molar-refractivity contribution in [1.82, 2.24) is 0 Å². The van der Waals surface area contributed by atoms with Crippen LogP contribution in [0.4, 0.5) is 0 Å². The molecule has 2 unspecified atom stereocenters. The van der Waals surface area contributed by atoms with Crippen LogP contribution in [0.15, 0.2) is 16.6 Å². The summed E-state index contributed by atoms with van der Waals surface area (Å²) in [5.74, 6) is 0.562. The van der Waals surface area contributed by atoms with Gasteiger partial charge in [0.15, 0.2) is 0 Å². The van der Waals surface area contributed by atoms with Crippen LogP contribution >= 0.6 is 0 Å². The van der Waals surface area contributed by atoms with E-state index in [0.29, 0.717) is 12.0 Å². The molecule has 0 spiro atoms. The van der Waals surface area contributed by atoms with Crippen molar-refractivity contribution in [1.29, 1.82) is 0 Å². The van der Waals surface area contributed by atoms with E-state index in [2.05, 4.69) is 52.6 Å². The standard InChI is InChI=1S/C12H23N/c1-7-9(3)11(5)12(6)13-10(4)8-2/h7,11-12H,8H2,1-6H3/b9-7+,13-10+. The second-order valence-corrected chi connectivity index (χ2v) is 3.78. The zero-order chi connectivity index (χ0) is 10.4. The second-order valence-electron chi connectivity index (χ2n) is 3.78. The smallest absolute Gasteiger partial charge is 0.0533 e. The number of allylic oxidation sites excluding steroid dienone is 1. The Hall–Kier alpha value is -0.590. The summed E-state index contributed by atoms with van der Waals surface area (Å²) in [5, 5.41) is 0. The van der Waals surface area contributed by atoms with E-state index in [-0.39, 0.29) is 0 Å². The van der Waals surface area contributed by atoms with E-state index in [1.54, 1.807) is 0 Å². The van der Waals surface area contributed by atoms with Gasteiger partial charge in [0.2, 0.25) is 0 Å². The summed E-state index contributed by atoms with van der Waals surface area (Å²) < 4.78 is 0. The minimum Gasteiger partial charge on any atom is -0.291 e. The van der Waals surface area contributed by atoms with Crippen LogP contribution in [0.3, 0.4) is 0 Å². The molecule has 0 aliphatic heterocycles. The molecule has 0 N–H and O–H groups in total. The summed E-state index contributed by atoms with van der Waals surface area (Å²) in [6.07, 6.45) is 3.24. The van der Waals surface area contributed by atoms with E-state index < -0.39 is 0 Å². The summed E-state index contributed by atoms with van der Waals surface area (Å²) in [7, 11) is 0. The van der Waals surface area contributed by atoms with Crippen LogP contribution in [-0.2, 0) is 0 Å². The topological polar surface area (TPSA) is 12.4 Å². The first kappa shape index (κ1) is 12.4. The summed E-state index contributed by atoms with van der Waals surface area (Å²) >= 11 is 0. The quantitative estimate of drug-likeness (QED) is 0.461. The van der Waals surface area contributed by atoms with Gasteiger partial charge in [-0.15, -0.1) is 0 Å². The minimum absolute atomic E-state index is 0.413. The molecule has 0 aromatic carbocycles. The van der Waals surface area contributed by atoms with Gasteiger partial charge in [0, 0.05) is 5.71 Å². The molecule has 0 rings (SSSR count). The highest BCUT2D eigenvalue weighted by Gasteiger charge is 2.11. The first-order chi connectivity index (χ1) is 6.02. The van der Waals surface area contributed by atoms with Crippen LogP contribution in [0.5, 0.6) is 0 Å². The Morgan fingerprint density at radius 1 is 1.31 bits per heavy atom. The van der Waals surface area contributed by atoms with Crippen molar-refractivity contribution in [2.75, 3.05) is 0 Å². The summed E-state index contributed by atoms with van der Waals surface area (Å²) in [6.45, 7) is 13.0. The van der Waals surface area contributed by atoms with Gasteiger partial charge in [-0.05, 0) is 40.0 Å². The molecule has 0 bridgehead atoms. The van der Waals surface area contributed by atoms with Crippen molar-refractivity contribution in [2.45, 2.75) is 54.0 Å². The fourth-order valence-corrected chi connectivity index (χ4v) is 1.19. The van der Waals surface area contributed by atoms with Crippen molar-refractivity contribution in [3.05, 3.63) is 11.6 Å². The van der Waals surface area contributed by atoms with Gasteiger partial charge in [0.05, 0.1) is 6.04 Å². The Balaban J connectivity index is 4.35. The van der Waals surface area contributed by atoms with Crippen molar-refractivity contribution < 1.29 is 0 Å². The lowest BCUT2D eigenvalue weighted by Gasteiger charge is -2.17. The van der Waals surface area contributed by atoms with Gasteiger partial charge in [-0.1, -0.05) is 25.5 Å². The molecular weight excluding hydrogens is 158 g/mol. The highest BCUT2D eigenvalue weighted by molar-refractivity contribution is 5.81. The molecular formula is C12H23N. The van der Waals surface area contributed by atoms with E-state index in [0.717, 1.165) is 6.42 Å². The fraction of sp³-hybridized carbons (Fsp3) is 0.750. The van der Waals surface area contributed by atoms with Crippen LogP contribution in [0.25, 0.3) is 0 Å². The Kier molecular flexibility index (Phi) is 5.68. The number of hydrogen-bond acceptors (Lipinski definition) is 1. The molecule has 0 aliphatic rings. The molecule has 0 amide bonds. The minimum atomic E-state index is 0.413. The molecule has 1 nitrogen and oxygen atoms in total. The first-order valence-corrected chi connectivity index (χ1v) is 5.19. The third kappa shape index (κ3) is 4.25. The van der Waals surface area contributed by atoms with Crippen LogP contribution in [0.2, 0.25) is 0 Å². The van der Waals surface area contributed by atoms with Gasteiger partial charge < -0.3 is 0 Å². The van der Waals surface area contributed by atoms with Gasteiger partial charge in [-0.25, -0.2) is 0 Å². The van der Waals surface area contributed by atoms with E-state index in [1.807, 2.05) is 0 Å². The van der Waals surface area contributed by atoms with E-state index >= 15 is 0 Å². The average molecular weight is 181 g/mol. The fourth-order valence-electron chi connectivity index (χ4n) is 1.19. The lowest BCUT2D eigenvalue weighted by molar-refractivity contribution is 0.554. The lowest BCUT2D eigenvalue weighted by Crippen LogP contribution is -2.14. The van der Waals surface area contributed by atoms with Crippen molar-refractivity contribution in [2.24, 2.45) is 10.9 Å². The number of hydrogen-bond donors (Lipinski definition) is 0. The molecule has 13 heavy (non-hydrogen) atoms. The molecule has 0 radical (unpaired) electrons. The van der Waals surface area contributed by atoms with E-state index in [1.165, 1.54) is 11.3 Å². The molecule has 1 heteroatoms. The largest absolute Gasteiger partial charge is 0.291 e. The maximum atomic E-state index is 4.64. The molecule has 76 valence electrons. The third-order valence-electron chi connectivity index (χ3n) is 2.83. The van der Waals surface area contributed by atoms with Gasteiger partial charge in [-0.2, -0.15) is 0 Å². The van der Waals surface area contributed by atoms with Crippen LogP contribution in [0.1, 0.15) is 48.0 Å². The highest BCUT2D eigenvalue weighted by atomic mass is 14.8. The van der Waals surface area contributed by atoms with E-state index in [9.17, 15) is 0 Å². The zero-order valence-electron chi connectivity index (χ0n) is 9.89. The molecule has 0 aromatic heterocycles. The van der Waals surface area contributed by atoms with Gasteiger partial charge in [0.25, 0.3) is 0 Å². The molecule has 0 aliphatic carbocycles. The van der Waals surface area contributed by atoms with Crippen LogP contribution < -0.4 is 0 Å². The predicted octanol–water partition coefficient (Wildman–Crippen LogP) is 3.85. The Morgan fingerprint density at radius 3 is 2.23 bits per heavy atom. The van der Waals surface area contributed by atoms with Gasteiger partial charge >= 0.3 is 0 Å². The average Bonchev–Trinajstić information content (AvgIpc) is 2.14. The molecule has 0 aromatic rings. The summed E-state index contributed by atoms with van der Waals surface area (Å²) in [4.78, 5) is 4.64. The maximum absolute atomic E-state index is 4.64. The molecule has 2 atom stereocenters. The van der Waals surface area contributed by atoms with Crippen molar-refractivity contribution in [3.8, 4) is 0 Å². The second kappa shape index (κ2) is 5.95. The molecule has 0 saturated carbocycles. The highest BCUT2D eigenvalue weighted by Crippen LogP contribution is 2.16. The summed E-state index contributed by atoms with van der Waals surface area (Å²) in [6, 6.07) is 0.413. The van der Waals surface area contributed by atoms with Gasteiger partial charge in [0.1, 0.15) is 0 Å². The Morgan fingerprint density at radius 2 is 1.85 bits per heavy atom. The third-order valence-corrected chi connectivity index (χ3v) is 2.83. The first-order valence-electron chi connectivity index (χ1n) is 5.19. The molecule has 0 saturated heterocycles. The Labute approximate surface area is 83.0 Å². The van der Waals surface area contributed by atoms with Crippen LogP contribution in [-0.4, -0.2) is 11.8 Å². The van der Waals surface area contributed by atoms with Crippen LogP contribution in [0, 0.1) is 5.92 Å².